The number of methoxy groups -OCH3 is 1. The fourth-order valence-corrected chi connectivity index (χ4v) is 2.39. The summed E-state index contributed by atoms with van der Waals surface area (Å²) < 4.78 is 52.8. The second kappa shape index (κ2) is 8.09. The van der Waals surface area contributed by atoms with Crippen molar-refractivity contribution in [3.05, 3.63) is 59.8 Å². The lowest BCUT2D eigenvalue weighted by atomic mass is 10.2. The van der Waals surface area contributed by atoms with Gasteiger partial charge in [0.25, 0.3) is 5.88 Å². The molecule has 8 nitrogen and oxygen atoms in total. The molecule has 0 saturated carbocycles. The number of aromatic carboxylic acids is 1. The minimum Gasteiger partial charge on any atom is -0.497 e. The molecule has 0 aliphatic heterocycles. The van der Waals surface area contributed by atoms with Crippen LogP contribution in [0.3, 0.4) is 0 Å². The van der Waals surface area contributed by atoms with E-state index in [0.29, 0.717) is 5.75 Å². The topological polar surface area (TPSA) is 95.7 Å². The lowest BCUT2D eigenvalue weighted by molar-refractivity contribution is -0.274. The zero-order valence-corrected chi connectivity index (χ0v) is 14.9. The van der Waals surface area contributed by atoms with Gasteiger partial charge in [0.2, 0.25) is 5.69 Å². The van der Waals surface area contributed by atoms with E-state index in [4.69, 9.17) is 9.47 Å². The van der Waals surface area contributed by atoms with Crippen LogP contribution in [0.2, 0.25) is 0 Å². The first-order chi connectivity index (χ1) is 13.7. The lowest BCUT2D eigenvalue weighted by Gasteiger charge is -2.12. The summed E-state index contributed by atoms with van der Waals surface area (Å²) in [6.07, 6.45) is -4.87. The van der Waals surface area contributed by atoms with Gasteiger partial charge >= 0.3 is 12.3 Å². The maximum atomic E-state index is 12.4. The van der Waals surface area contributed by atoms with Crippen molar-refractivity contribution in [1.29, 1.82) is 0 Å². The van der Waals surface area contributed by atoms with Crippen LogP contribution < -0.4 is 14.2 Å². The van der Waals surface area contributed by atoms with E-state index in [1.54, 1.807) is 24.3 Å². The van der Waals surface area contributed by atoms with Crippen molar-refractivity contribution >= 4 is 5.97 Å². The fraction of sp³-hybridized carbons (Fsp3) is 0.167. The Hall–Kier alpha value is -3.76. The first-order valence-electron chi connectivity index (χ1n) is 8.08. The molecule has 1 aromatic heterocycles. The number of halogens is 3. The highest BCUT2D eigenvalue weighted by molar-refractivity contribution is 5.87. The SMILES string of the molecule is COc1ccc(Cn2nnc(C(=O)O)c2Oc2cccc(OC(F)(F)F)c2)cc1. The molecule has 0 aliphatic rings. The molecule has 0 aliphatic carbocycles. The molecule has 0 fully saturated rings. The van der Waals surface area contributed by atoms with E-state index < -0.39 is 23.8 Å². The lowest BCUT2D eigenvalue weighted by Crippen LogP contribution is -2.17. The Morgan fingerprint density at radius 2 is 1.79 bits per heavy atom. The van der Waals surface area contributed by atoms with Gasteiger partial charge in [-0.3, -0.25) is 0 Å². The molecule has 1 N–H and O–H groups in total. The molecule has 0 amide bonds. The number of alkyl halides is 3. The van der Waals surface area contributed by atoms with E-state index in [2.05, 4.69) is 15.0 Å². The van der Waals surface area contributed by atoms with Crippen LogP contribution in [0.1, 0.15) is 16.1 Å². The Morgan fingerprint density at radius 3 is 2.41 bits per heavy atom. The summed E-state index contributed by atoms with van der Waals surface area (Å²) in [5, 5.41) is 16.7. The normalized spacial score (nSPS) is 11.2. The van der Waals surface area contributed by atoms with Crippen molar-refractivity contribution in [2.75, 3.05) is 7.11 Å². The molecule has 29 heavy (non-hydrogen) atoms. The van der Waals surface area contributed by atoms with Crippen LogP contribution in [-0.4, -0.2) is 39.5 Å². The number of carboxylic acids is 1. The monoisotopic (exact) mass is 409 g/mol. The predicted octanol–water partition coefficient (Wildman–Crippen LogP) is 3.72. The number of hydrogen-bond donors (Lipinski definition) is 1. The summed E-state index contributed by atoms with van der Waals surface area (Å²) in [5.41, 5.74) is 0.257. The second-order valence-electron chi connectivity index (χ2n) is 5.68. The summed E-state index contributed by atoms with van der Waals surface area (Å²) in [7, 11) is 1.52. The standard InChI is InChI=1S/C18H14F3N3O5/c1-27-12-7-5-11(6-8-12)10-24-16(15(17(25)26)22-23-24)28-13-3-2-4-14(9-13)29-18(19,20)21/h2-9H,10H2,1H3,(H,25,26). The number of rotatable bonds is 7. The van der Waals surface area contributed by atoms with E-state index in [1.165, 1.54) is 23.9 Å². The van der Waals surface area contributed by atoms with Crippen molar-refractivity contribution in [2.24, 2.45) is 0 Å². The minimum absolute atomic E-state index is 0.0764. The molecule has 2 aromatic carbocycles. The van der Waals surface area contributed by atoms with E-state index in [1.807, 2.05) is 0 Å². The number of nitrogens with zero attached hydrogens (tertiary/aromatic N) is 3. The Morgan fingerprint density at radius 1 is 1.10 bits per heavy atom. The van der Waals surface area contributed by atoms with E-state index in [9.17, 15) is 23.1 Å². The first kappa shape index (κ1) is 20.0. The van der Waals surface area contributed by atoms with E-state index in [-0.39, 0.29) is 18.2 Å². The molecule has 152 valence electrons. The number of hydrogen-bond acceptors (Lipinski definition) is 6. The van der Waals surface area contributed by atoms with Crippen LogP contribution in [0.5, 0.6) is 23.1 Å². The van der Waals surface area contributed by atoms with E-state index >= 15 is 0 Å². The van der Waals surface area contributed by atoms with Crippen molar-refractivity contribution in [3.8, 4) is 23.1 Å². The maximum Gasteiger partial charge on any atom is 0.573 e. The zero-order chi connectivity index (χ0) is 21.0. The molecular formula is C18H14F3N3O5. The molecule has 11 heteroatoms. The third kappa shape index (κ3) is 5.15. The van der Waals surface area contributed by atoms with Crippen LogP contribution >= 0.6 is 0 Å². The molecule has 0 radical (unpaired) electrons. The van der Waals surface area contributed by atoms with Gasteiger partial charge in [0.05, 0.1) is 13.7 Å². The number of benzene rings is 2. The highest BCUT2D eigenvalue weighted by atomic mass is 19.4. The van der Waals surface area contributed by atoms with Gasteiger partial charge in [0.1, 0.15) is 17.2 Å². The van der Waals surface area contributed by atoms with Gasteiger partial charge in [-0.15, -0.1) is 18.3 Å². The van der Waals surface area contributed by atoms with Crippen molar-refractivity contribution < 1.29 is 37.3 Å². The summed E-state index contributed by atoms with van der Waals surface area (Å²) in [6, 6.07) is 11.6. The van der Waals surface area contributed by atoms with Gasteiger partial charge in [0, 0.05) is 6.07 Å². The largest absolute Gasteiger partial charge is 0.573 e. The molecule has 1 heterocycles. The van der Waals surface area contributed by atoms with Crippen molar-refractivity contribution in [1.82, 2.24) is 15.0 Å². The number of ether oxygens (including phenoxy) is 3. The van der Waals surface area contributed by atoms with Crippen LogP contribution in [0.25, 0.3) is 0 Å². The summed E-state index contributed by atoms with van der Waals surface area (Å²) in [4.78, 5) is 11.4. The summed E-state index contributed by atoms with van der Waals surface area (Å²) in [6.45, 7) is 0.109. The number of carboxylic acid groups (broad SMARTS) is 1. The van der Waals surface area contributed by atoms with Gasteiger partial charge in [-0.2, -0.15) is 0 Å². The van der Waals surface area contributed by atoms with Gasteiger partial charge in [-0.1, -0.05) is 23.4 Å². The first-order valence-corrected chi connectivity index (χ1v) is 8.08. The number of aromatic nitrogens is 3. The van der Waals surface area contributed by atoms with Gasteiger partial charge in [-0.05, 0) is 29.8 Å². The van der Waals surface area contributed by atoms with Gasteiger partial charge in [-0.25, -0.2) is 9.48 Å². The molecule has 3 rings (SSSR count). The van der Waals surface area contributed by atoms with Crippen molar-refractivity contribution in [2.45, 2.75) is 12.9 Å². The predicted molar refractivity (Wildman–Crippen MR) is 92.3 cm³/mol. The summed E-state index contributed by atoms with van der Waals surface area (Å²) >= 11 is 0. The van der Waals surface area contributed by atoms with Crippen LogP contribution in [0.15, 0.2) is 48.5 Å². The second-order valence-corrected chi connectivity index (χ2v) is 5.68. The van der Waals surface area contributed by atoms with Crippen molar-refractivity contribution in [3.63, 3.8) is 0 Å². The molecule has 0 saturated heterocycles. The zero-order valence-electron chi connectivity index (χ0n) is 14.9. The average Bonchev–Trinajstić information content (AvgIpc) is 3.04. The molecule has 0 unspecified atom stereocenters. The van der Waals surface area contributed by atoms with Crippen LogP contribution in [-0.2, 0) is 6.54 Å². The Bertz CT molecular complexity index is 1000. The van der Waals surface area contributed by atoms with Gasteiger partial charge < -0.3 is 19.3 Å². The molecule has 3 aromatic rings. The summed E-state index contributed by atoms with van der Waals surface area (Å²) in [5.74, 6) is -1.59. The quantitative estimate of drug-likeness (QED) is 0.635. The molecule has 0 spiro atoms. The maximum absolute atomic E-state index is 12.4. The molecule has 0 bridgehead atoms. The Kier molecular flexibility index (Phi) is 5.57. The smallest absolute Gasteiger partial charge is 0.497 e. The highest BCUT2D eigenvalue weighted by Gasteiger charge is 2.31. The molecule has 0 atom stereocenters. The van der Waals surface area contributed by atoms with E-state index in [0.717, 1.165) is 17.7 Å². The minimum atomic E-state index is -4.87. The third-order valence-electron chi connectivity index (χ3n) is 3.64. The average molecular weight is 409 g/mol. The Labute approximate surface area is 162 Å². The highest BCUT2D eigenvalue weighted by Crippen LogP contribution is 2.30. The third-order valence-corrected chi connectivity index (χ3v) is 3.64. The number of carbonyl (C=O) groups is 1. The molecular weight excluding hydrogens is 395 g/mol. The Balaban J connectivity index is 1.88. The fourth-order valence-electron chi connectivity index (χ4n) is 2.39. The van der Waals surface area contributed by atoms with Crippen LogP contribution in [0, 0.1) is 0 Å². The van der Waals surface area contributed by atoms with Gasteiger partial charge in [0.15, 0.2) is 0 Å². The van der Waals surface area contributed by atoms with Crippen LogP contribution in [0.4, 0.5) is 13.2 Å².